The van der Waals surface area contributed by atoms with E-state index in [0.717, 1.165) is 5.75 Å². The molecule has 0 bridgehead atoms. The van der Waals surface area contributed by atoms with Crippen LogP contribution in [0.1, 0.15) is 40.5 Å². The van der Waals surface area contributed by atoms with Gasteiger partial charge in [0.15, 0.2) is 0 Å². The minimum atomic E-state index is -0.579. The fourth-order valence-electron chi connectivity index (χ4n) is 3.78. The normalized spacial score (nSPS) is 17.5. The monoisotopic (exact) mass is 399 g/mol. The minimum Gasteiger partial charge on any atom is -0.494 e. The molecule has 2 heterocycles. The number of hydrogen-bond donors (Lipinski definition) is 2. The van der Waals surface area contributed by atoms with Crippen LogP contribution in [0.25, 0.3) is 0 Å². The van der Waals surface area contributed by atoms with Gasteiger partial charge in [0.2, 0.25) is 0 Å². The molecule has 1 saturated heterocycles. The van der Waals surface area contributed by atoms with Crippen molar-refractivity contribution in [2.45, 2.75) is 25.4 Å². The Morgan fingerprint density at radius 3 is 2.54 bits per heavy atom. The van der Waals surface area contributed by atoms with E-state index in [2.05, 4.69) is 10.6 Å². The number of ether oxygens (including phenoxy) is 1. The molecule has 4 rings (SSSR count). The number of nitrogens with one attached hydrogen (secondary N) is 2. The molecule has 7 heteroatoms. The summed E-state index contributed by atoms with van der Waals surface area (Å²) in [6, 6.07) is 12.5. The summed E-state index contributed by atoms with van der Waals surface area (Å²) in [6.07, 6.45) is 1.21. The van der Waals surface area contributed by atoms with Crippen molar-refractivity contribution in [1.82, 2.24) is 10.2 Å². The van der Waals surface area contributed by atoms with E-state index in [4.69, 9.17) is 16.3 Å². The molecule has 0 radical (unpaired) electrons. The predicted molar refractivity (Wildman–Crippen MR) is 108 cm³/mol. The number of benzene rings is 2. The van der Waals surface area contributed by atoms with Crippen molar-refractivity contribution in [3.8, 4) is 5.75 Å². The number of para-hydroxylation sites is 1. The van der Waals surface area contributed by atoms with Crippen LogP contribution in [0.5, 0.6) is 5.75 Å². The van der Waals surface area contributed by atoms with Crippen molar-refractivity contribution in [3.05, 3.63) is 58.6 Å². The number of amides is 2. The van der Waals surface area contributed by atoms with Crippen LogP contribution in [0.4, 0.5) is 5.69 Å². The summed E-state index contributed by atoms with van der Waals surface area (Å²) >= 11 is 6.29. The molecule has 2 aromatic rings. The molecule has 2 aliphatic heterocycles. The van der Waals surface area contributed by atoms with Crippen molar-refractivity contribution in [2.24, 2.45) is 0 Å². The Morgan fingerprint density at radius 1 is 1.14 bits per heavy atom. The highest BCUT2D eigenvalue weighted by atomic mass is 35.5. The molecule has 2 aliphatic rings. The molecule has 0 saturated carbocycles. The van der Waals surface area contributed by atoms with Crippen LogP contribution < -0.4 is 15.4 Å². The first kappa shape index (κ1) is 18.6. The van der Waals surface area contributed by atoms with E-state index in [9.17, 15) is 9.59 Å². The minimum absolute atomic E-state index is 0.0153. The van der Waals surface area contributed by atoms with Crippen molar-refractivity contribution in [2.75, 3.05) is 25.0 Å². The van der Waals surface area contributed by atoms with Gasteiger partial charge >= 0.3 is 0 Å². The largest absolute Gasteiger partial charge is 0.494 e. The van der Waals surface area contributed by atoms with E-state index in [-0.39, 0.29) is 11.8 Å². The van der Waals surface area contributed by atoms with E-state index < -0.39 is 5.66 Å². The quantitative estimate of drug-likeness (QED) is 0.828. The number of hydrogen-bond acceptors (Lipinski definition) is 4. The number of nitrogens with zero attached hydrogens (tertiary/aromatic N) is 1. The molecule has 0 atom stereocenters. The van der Waals surface area contributed by atoms with E-state index >= 15 is 0 Å². The molecule has 0 aromatic heterocycles. The third-order valence-electron chi connectivity index (χ3n) is 5.29. The molecule has 6 nitrogen and oxygen atoms in total. The molecule has 1 fully saturated rings. The highest BCUT2D eigenvalue weighted by Crippen LogP contribution is 2.36. The Morgan fingerprint density at radius 2 is 1.86 bits per heavy atom. The second kappa shape index (κ2) is 7.36. The van der Waals surface area contributed by atoms with E-state index in [1.165, 1.54) is 0 Å². The number of piperidine rings is 1. The summed E-state index contributed by atoms with van der Waals surface area (Å²) in [4.78, 5) is 27.2. The third kappa shape index (κ3) is 3.40. The molecule has 146 valence electrons. The molecule has 28 heavy (non-hydrogen) atoms. The molecule has 0 unspecified atom stereocenters. The standard InChI is InChI=1S/C21H22ClN3O3/c1-2-28-15-8-6-14(7-9-15)20(27)25-12-10-21(11-13-25)23-18-16(19(26)24-21)4-3-5-17(18)22/h3-9,23H,2,10-13H2,1H3,(H,24,26). The molecule has 0 aliphatic carbocycles. The first-order valence-electron chi connectivity index (χ1n) is 9.43. The average molecular weight is 400 g/mol. The summed E-state index contributed by atoms with van der Waals surface area (Å²) in [6.45, 7) is 3.60. The lowest BCUT2D eigenvalue weighted by Gasteiger charge is -2.46. The maximum Gasteiger partial charge on any atom is 0.255 e. The number of carbonyl (C=O) groups is 2. The predicted octanol–water partition coefficient (Wildman–Crippen LogP) is 3.53. The van der Waals surface area contributed by atoms with Gasteiger partial charge in [-0.05, 0) is 43.3 Å². The van der Waals surface area contributed by atoms with E-state index in [0.29, 0.717) is 54.4 Å². The van der Waals surface area contributed by atoms with Crippen molar-refractivity contribution in [1.29, 1.82) is 0 Å². The summed E-state index contributed by atoms with van der Waals surface area (Å²) in [5, 5.41) is 7.01. The highest BCUT2D eigenvalue weighted by molar-refractivity contribution is 6.34. The molecule has 2 N–H and O–H groups in total. The first-order valence-corrected chi connectivity index (χ1v) is 9.80. The zero-order valence-corrected chi connectivity index (χ0v) is 16.4. The Balaban J connectivity index is 1.45. The molecular weight excluding hydrogens is 378 g/mol. The van der Waals surface area contributed by atoms with E-state index in [1.54, 1.807) is 30.3 Å². The topological polar surface area (TPSA) is 70.7 Å². The van der Waals surface area contributed by atoms with Gasteiger partial charge in [-0.3, -0.25) is 9.59 Å². The van der Waals surface area contributed by atoms with Crippen LogP contribution in [-0.2, 0) is 0 Å². The Hall–Kier alpha value is -2.73. The smallest absolute Gasteiger partial charge is 0.255 e. The zero-order valence-electron chi connectivity index (χ0n) is 15.6. The Labute approximate surface area is 168 Å². The first-order chi connectivity index (χ1) is 13.5. The van der Waals surface area contributed by atoms with Gasteiger partial charge in [-0.15, -0.1) is 0 Å². The maximum absolute atomic E-state index is 12.8. The molecule has 1 spiro atoms. The maximum atomic E-state index is 12.8. The average Bonchev–Trinajstić information content (AvgIpc) is 2.70. The van der Waals surface area contributed by atoms with Gasteiger partial charge in [-0.25, -0.2) is 0 Å². The fraction of sp³-hybridized carbons (Fsp3) is 0.333. The van der Waals surface area contributed by atoms with Gasteiger partial charge in [0, 0.05) is 31.5 Å². The third-order valence-corrected chi connectivity index (χ3v) is 5.61. The summed E-state index contributed by atoms with van der Waals surface area (Å²) < 4.78 is 5.43. The van der Waals surface area contributed by atoms with Gasteiger partial charge in [-0.1, -0.05) is 17.7 Å². The summed E-state index contributed by atoms with van der Waals surface area (Å²) in [5.74, 6) is 0.599. The zero-order chi connectivity index (χ0) is 19.7. The van der Waals surface area contributed by atoms with Crippen LogP contribution in [0, 0.1) is 0 Å². The lowest BCUT2D eigenvalue weighted by Crippen LogP contribution is -2.62. The van der Waals surface area contributed by atoms with Crippen LogP contribution >= 0.6 is 11.6 Å². The molecule has 2 amide bonds. The molecular formula is C21H22ClN3O3. The second-order valence-electron chi connectivity index (χ2n) is 7.07. The Bertz CT molecular complexity index is 906. The van der Waals surface area contributed by atoms with Crippen molar-refractivity contribution >= 4 is 29.1 Å². The van der Waals surface area contributed by atoms with Crippen LogP contribution in [0.3, 0.4) is 0 Å². The number of halogens is 1. The van der Waals surface area contributed by atoms with Crippen molar-refractivity contribution in [3.63, 3.8) is 0 Å². The lowest BCUT2D eigenvalue weighted by molar-refractivity contribution is 0.0639. The van der Waals surface area contributed by atoms with Crippen molar-refractivity contribution < 1.29 is 14.3 Å². The summed E-state index contributed by atoms with van der Waals surface area (Å²) in [5.41, 5.74) is 1.27. The summed E-state index contributed by atoms with van der Waals surface area (Å²) in [7, 11) is 0. The number of likely N-dealkylation sites (tertiary alicyclic amines) is 1. The lowest BCUT2D eigenvalue weighted by atomic mass is 9.92. The van der Waals surface area contributed by atoms with Gasteiger partial charge in [0.1, 0.15) is 11.4 Å². The Kier molecular flexibility index (Phi) is 4.89. The number of fused-ring (bicyclic) bond motifs is 1. The van der Waals surface area contributed by atoms with Gasteiger partial charge in [0.25, 0.3) is 11.8 Å². The number of anilines is 1. The highest BCUT2D eigenvalue weighted by Gasteiger charge is 2.41. The fourth-order valence-corrected chi connectivity index (χ4v) is 4.00. The van der Waals surface area contributed by atoms with Crippen LogP contribution in [0.2, 0.25) is 5.02 Å². The number of rotatable bonds is 3. The molecule has 2 aromatic carbocycles. The SMILES string of the molecule is CCOc1ccc(C(=O)N2CCC3(CC2)NC(=O)c2cccc(Cl)c2N3)cc1. The van der Waals surface area contributed by atoms with Crippen LogP contribution in [-0.4, -0.2) is 42.1 Å². The second-order valence-corrected chi connectivity index (χ2v) is 7.48. The van der Waals surface area contributed by atoms with Gasteiger partial charge < -0.3 is 20.3 Å². The number of carbonyl (C=O) groups excluding carboxylic acids is 2. The van der Waals surface area contributed by atoms with Gasteiger partial charge in [-0.2, -0.15) is 0 Å². The van der Waals surface area contributed by atoms with E-state index in [1.807, 2.05) is 24.0 Å². The van der Waals surface area contributed by atoms with Gasteiger partial charge in [0.05, 0.1) is 22.9 Å². The van der Waals surface area contributed by atoms with Crippen LogP contribution in [0.15, 0.2) is 42.5 Å².